The molecule has 2 aliphatic heterocycles. The Labute approximate surface area is 199 Å². The van der Waals surface area contributed by atoms with Gasteiger partial charge in [-0.25, -0.2) is 9.59 Å². The molecule has 4 rings (SSSR count). The third kappa shape index (κ3) is 5.14. The predicted octanol–water partition coefficient (Wildman–Crippen LogP) is 2.09. The van der Waals surface area contributed by atoms with Crippen molar-refractivity contribution in [1.82, 2.24) is 15.5 Å². The van der Waals surface area contributed by atoms with E-state index in [2.05, 4.69) is 17.2 Å². The molecule has 1 saturated heterocycles. The van der Waals surface area contributed by atoms with E-state index in [1.807, 2.05) is 38.1 Å². The van der Waals surface area contributed by atoms with E-state index in [-0.39, 0.29) is 18.9 Å². The number of nitrogens with one attached hydrogen (secondary N) is 2. The molecule has 1 saturated carbocycles. The Balaban J connectivity index is 0.00000158. The minimum absolute atomic E-state index is 0.0761. The summed E-state index contributed by atoms with van der Waals surface area (Å²) in [6.07, 6.45) is 1.25. The van der Waals surface area contributed by atoms with Crippen molar-refractivity contribution in [2.75, 3.05) is 13.2 Å². The largest absolute Gasteiger partial charge is 0.460 e. The van der Waals surface area contributed by atoms with Crippen molar-refractivity contribution in [3.05, 3.63) is 48.0 Å². The van der Waals surface area contributed by atoms with Gasteiger partial charge in [0.15, 0.2) is 0 Å². The van der Waals surface area contributed by atoms with Gasteiger partial charge in [-0.1, -0.05) is 44.2 Å². The summed E-state index contributed by atoms with van der Waals surface area (Å²) in [5.74, 6) is -2.48. The molecule has 0 aromatic heterocycles. The molecule has 34 heavy (non-hydrogen) atoms. The highest BCUT2D eigenvalue weighted by Crippen LogP contribution is 2.45. The van der Waals surface area contributed by atoms with Crippen LogP contribution in [-0.2, 0) is 36.9 Å². The van der Waals surface area contributed by atoms with Gasteiger partial charge in [0.05, 0.1) is 12.6 Å². The first-order chi connectivity index (χ1) is 16.4. The van der Waals surface area contributed by atoms with Gasteiger partial charge in [0.2, 0.25) is 5.91 Å². The third-order valence-electron chi connectivity index (χ3n) is 6.29. The average Bonchev–Trinajstić information content (AvgIpc) is 3.16. The first-order valence-corrected chi connectivity index (χ1v) is 11.8. The van der Waals surface area contributed by atoms with Gasteiger partial charge in [0.1, 0.15) is 11.6 Å². The second-order valence-corrected chi connectivity index (χ2v) is 8.38. The van der Waals surface area contributed by atoms with Crippen molar-refractivity contribution in [2.45, 2.75) is 64.4 Å². The molecule has 0 radical (unpaired) electrons. The highest BCUT2D eigenvalue weighted by Gasteiger charge is 2.62. The van der Waals surface area contributed by atoms with Gasteiger partial charge in [-0.2, -0.15) is 0 Å². The Bertz CT molecular complexity index is 939. The highest BCUT2D eigenvalue weighted by atomic mass is 16.6. The molecular formula is C25H33N3O6. The third-order valence-corrected chi connectivity index (χ3v) is 6.29. The number of hydrogen-bond acceptors (Lipinski definition) is 7. The zero-order valence-electron chi connectivity index (χ0n) is 20.0. The van der Waals surface area contributed by atoms with Gasteiger partial charge in [-0.05, 0) is 24.5 Å². The fourth-order valence-electron chi connectivity index (χ4n) is 4.39. The molecule has 2 heterocycles. The Hall–Kier alpha value is -3.20. The van der Waals surface area contributed by atoms with Gasteiger partial charge in [0, 0.05) is 32.0 Å². The topological polar surface area (TPSA) is 114 Å². The van der Waals surface area contributed by atoms with Crippen LogP contribution in [0.4, 0.5) is 4.79 Å². The molecule has 2 amide bonds. The molecule has 4 atom stereocenters. The number of carbonyl (C=O) groups is 4. The highest BCUT2D eigenvalue weighted by molar-refractivity contribution is 6.38. The maximum atomic E-state index is 12.8. The summed E-state index contributed by atoms with van der Waals surface area (Å²) in [5, 5.41) is 5.75. The number of esters is 1. The molecule has 3 aliphatic rings. The van der Waals surface area contributed by atoms with E-state index < -0.39 is 41.4 Å². The number of benzene rings is 1. The SMILES string of the molecule is C=C[C@@H]1C[C@]1(NC(=O)[C@@H]1C[C@@H](OC(=O)N2Cc3ccccc3C2)CN1)C(=O)C(=O)OCC.CC. The lowest BCUT2D eigenvalue weighted by Crippen LogP contribution is -2.53. The van der Waals surface area contributed by atoms with Crippen molar-refractivity contribution >= 4 is 23.8 Å². The number of carbonyl (C=O) groups excluding carboxylic acids is 4. The summed E-state index contributed by atoms with van der Waals surface area (Å²) >= 11 is 0. The molecule has 2 fully saturated rings. The number of hydrogen-bond donors (Lipinski definition) is 2. The van der Waals surface area contributed by atoms with Gasteiger partial charge >= 0.3 is 12.1 Å². The molecule has 184 valence electrons. The molecule has 0 spiro atoms. The maximum Gasteiger partial charge on any atom is 0.410 e. The summed E-state index contributed by atoms with van der Waals surface area (Å²) in [5.41, 5.74) is 0.899. The number of ketones is 1. The monoisotopic (exact) mass is 471 g/mol. The van der Waals surface area contributed by atoms with Crippen LogP contribution >= 0.6 is 0 Å². The number of rotatable bonds is 7. The first-order valence-electron chi connectivity index (χ1n) is 11.8. The van der Waals surface area contributed by atoms with E-state index in [1.54, 1.807) is 17.9 Å². The van der Waals surface area contributed by atoms with E-state index in [1.165, 1.54) is 0 Å². The van der Waals surface area contributed by atoms with E-state index in [0.29, 0.717) is 26.1 Å². The van der Waals surface area contributed by atoms with Crippen LogP contribution in [0, 0.1) is 5.92 Å². The second kappa shape index (κ2) is 10.8. The molecule has 9 nitrogen and oxygen atoms in total. The lowest BCUT2D eigenvalue weighted by Gasteiger charge is -2.20. The van der Waals surface area contributed by atoms with Crippen LogP contribution in [-0.4, -0.2) is 59.5 Å². The molecule has 1 aromatic carbocycles. The summed E-state index contributed by atoms with van der Waals surface area (Å²) < 4.78 is 10.4. The molecular weight excluding hydrogens is 438 g/mol. The number of amides is 2. The number of nitrogens with zero attached hydrogens (tertiary/aromatic N) is 1. The van der Waals surface area contributed by atoms with Crippen LogP contribution in [0.15, 0.2) is 36.9 Å². The average molecular weight is 472 g/mol. The van der Waals surface area contributed by atoms with E-state index in [0.717, 1.165) is 11.1 Å². The van der Waals surface area contributed by atoms with Crippen molar-refractivity contribution in [3.63, 3.8) is 0 Å². The van der Waals surface area contributed by atoms with Crippen molar-refractivity contribution in [1.29, 1.82) is 0 Å². The van der Waals surface area contributed by atoms with Gasteiger partial charge in [0.25, 0.3) is 5.78 Å². The fraction of sp³-hybridized carbons (Fsp3) is 0.520. The van der Waals surface area contributed by atoms with Crippen LogP contribution in [0.2, 0.25) is 0 Å². The van der Waals surface area contributed by atoms with Crippen LogP contribution in [0.1, 0.15) is 44.7 Å². The van der Waals surface area contributed by atoms with E-state index in [9.17, 15) is 19.2 Å². The Morgan fingerprint density at radius 3 is 2.41 bits per heavy atom. The van der Waals surface area contributed by atoms with Crippen molar-refractivity contribution < 1.29 is 28.7 Å². The Morgan fingerprint density at radius 1 is 1.21 bits per heavy atom. The standard InChI is InChI=1S/C23H27N3O6.C2H6/c1-3-16-10-23(16,19(27)21(29)31-4-2)25-20(28)18-9-17(11-24-18)32-22(30)26-12-14-7-5-6-8-15(14)13-26;1-2/h3,5-8,16-18,24H,1,4,9-13H2,2H3,(H,25,28);1-2H3/t16-,17-,18+,23-;/m1./s1. The predicted molar refractivity (Wildman–Crippen MR) is 125 cm³/mol. The summed E-state index contributed by atoms with van der Waals surface area (Å²) in [6, 6.07) is 7.22. The maximum absolute atomic E-state index is 12.8. The number of Topliss-reactive ketones (excluding diaryl/α,β-unsaturated/α-hetero) is 1. The molecule has 1 aliphatic carbocycles. The Kier molecular flexibility index (Phi) is 8.09. The minimum atomic E-state index is -1.30. The smallest absolute Gasteiger partial charge is 0.410 e. The molecule has 0 bridgehead atoms. The van der Waals surface area contributed by atoms with Crippen LogP contribution in [0.3, 0.4) is 0 Å². The number of fused-ring (bicyclic) bond motifs is 1. The van der Waals surface area contributed by atoms with Crippen molar-refractivity contribution in [2.24, 2.45) is 5.92 Å². The quantitative estimate of drug-likeness (QED) is 0.356. The Morgan fingerprint density at radius 2 is 1.85 bits per heavy atom. The van der Waals surface area contributed by atoms with Crippen molar-refractivity contribution in [3.8, 4) is 0 Å². The van der Waals surface area contributed by atoms with Gasteiger partial charge in [-0.15, -0.1) is 6.58 Å². The van der Waals surface area contributed by atoms with E-state index in [4.69, 9.17) is 9.47 Å². The van der Waals surface area contributed by atoms with Crippen LogP contribution < -0.4 is 10.6 Å². The minimum Gasteiger partial charge on any atom is -0.460 e. The summed E-state index contributed by atoms with van der Waals surface area (Å²) in [4.78, 5) is 51.5. The second-order valence-electron chi connectivity index (χ2n) is 8.38. The molecule has 1 aromatic rings. The van der Waals surface area contributed by atoms with Gasteiger partial charge < -0.3 is 20.1 Å². The molecule has 2 N–H and O–H groups in total. The molecule has 0 unspecified atom stereocenters. The zero-order valence-corrected chi connectivity index (χ0v) is 20.0. The van der Waals surface area contributed by atoms with Crippen LogP contribution in [0.5, 0.6) is 0 Å². The summed E-state index contributed by atoms with van der Waals surface area (Å²) in [7, 11) is 0. The normalized spacial score (nSPS) is 26.4. The fourth-order valence-corrected chi connectivity index (χ4v) is 4.39. The lowest BCUT2D eigenvalue weighted by atomic mass is 10.1. The van der Waals surface area contributed by atoms with E-state index >= 15 is 0 Å². The lowest BCUT2D eigenvalue weighted by molar-refractivity contribution is -0.155. The first kappa shape index (κ1) is 25.4. The van der Waals surface area contributed by atoms with Gasteiger partial charge in [-0.3, -0.25) is 14.5 Å². The van der Waals surface area contributed by atoms with Crippen LogP contribution in [0.25, 0.3) is 0 Å². The number of ether oxygens (including phenoxy) is 2. The molecule has 9 heteroatoms. The summed E-state index contributed by atoms with van der Waals surface area (Å²) in [6.45, 7) is 10.7. The zero-order chi connectivity index (χ0) is 24.9.